The van der Waals surface area contributed by atoms with E-state index in [9.17, 15) is 9.90 Å². The number of hydrogen-bond donors (Lipinski definition) is 1. The Balaban J connectivity index is 2.35. The summed E-state index contributed by atoms with van der Waals surface area (Å²) in [6, 6.07) is 9.38. The zero-order chi connectivity index (χ0) is 15.1. The Bertz CT molecular complexity index is 862. The zero-order valence-corrected chi connectivity index (χ0v) is 12.1. The monoisotopic (exact) mass is 281 g/mol. The van der Waals surface area contributed by atoms with Gasteiger partial charge in [0.1, 0.15) is 5.52 Å². The minimum atomic E-state index is -0.967. The molecule has 0 amide bonds. The van der Waals surface area contributed by atoms with Crippen molar-refractivity contribution < 1.29 is 14.3 Å². The van der Waals surface area contributed by atoms with E-state index in [1.165, 1.54) is 0 Å². The van der Waals surface area contributed by atoms with Gasteiger partial charge < -0.3 is 9.52 Å². The van der Waals surface area contributed by atoms with Gasteiger partial charge in [0.05, 0.1) is 11.1 Å². The number of aromatic carboxylic acids is 1. The van der Waals surface area contributed by atoms with Gasteiger partial charge in [0.2, 0.25) is 5.89 Å². The van der Waals surface area contributed by atoms with Crippen LogP contribution in [-0.4, -0.2) is 16.1 Å². The number of rotatable bonds is 2. The van der Waals surface area contributed by atoms with Crippen molar-refractivity contribution in [1.82, 2.24) is 4.98 Å². The molecule has 0 saturated carbocycles. The van der Waals surface area contributed by atoms with Gasteiger partial charge in [-0.05, 0) is 43.5 Å². The Morgan fingerprint density at radius 2 is 1.76 bits per heavy atom. The lowest BCUT2D eigenvalue weighted by Gasteiger charge is -2.09. The van der Waals surface area contributed by atoms with Crippen molar-refractivity contribution in [1.29, 1.82) is 0 Å². The smallest absolute Gasteiger partial charge is 0.336 e. The maximum Gasteiger partial charge on any atom is 0.336 e. The van der Waals surface area contributed by atoms with Crippen molar-refractivity contribution in [3.8, 4) is 11.5 Å². The number of aryl methyl sites for hydroxylation is 3. The Morgan fingerprint density at radius 3 is 2.43 bits per heavy atom. The molecule has 1 N–H and O–H groups in total. The molecule has 2 aromatic carbocycles. The van der Waals surface area contributed by atoms with E-state index in [1.807, 2.05) is 38.1 Å². The van der Waals surface area contributed by atoms with Gasteiger partial charge in [0.15, 0.2) is 5.58 Å². The number of carbonyl (C=O) groups is 1. The maximum absolute atomic E-state index is 11.6. The standard InChI is InChI=1S/C17H15NO3/c1-9-7-8-10(2)14(17(19)20)13(9)16-18-15-11(3)5-4-6-12(15)21-16/h4-8H,1-3H3,(H,19,20). The number of carboxylic acids is 1. The van der Waals surface area contributed by atoms with Crippen molar-refractivity contribution in [2.45, 2.75) is 20.8 Å². The third-order valence-electron chi connectivity index (χ3n) is 3.67. The summed E-state index contributed by atoms with van der Waals surface area (Å²) in [6.45, 7) is 5.60. The van der Waals surface area contributed by atoms with Crippen LogP contribution in [0.4, 0.5) is 0 Å². The Morgan fingerprint density at radius 1 is 1.05 bits per heavy atom. The fraction of sp³-hybridized carbons (Fsp3) is 0.176. The van der Waals surface area contributed by atoms with Crippen molar-refractivity contribution in [2.24, 2.45) is 0 Å². The average molecular weight is 281 g/mol. The highest BCUT2D eigenvalue weighted by molar-refractivity contribution is 5.98. The predicted octanol–water partition coefficient (Wildman–Crippen LogP) is 4.12. The van der Waals surface area contributed by atoms with Crippen molar-refractivity contribution in [2.75, 3.05) is 0 Å². The van der Waals surface area contributed by atoms with Gasteiger partial charge in [-0.1, -0.05) is 24.3 Å². The van der Waals surface area contributed by atoms with Gasteiger partial charge in [-0.3, -0.25) is 0 Å². The molecule has 0 spiro atoms. The van der Waals surface area contributed by atoms with Crippen molar-refractivity contribution >= 4 is 17.1 Å². The lowest BCUT2D eigenvalue weighted by Crippen LogP contribution is -2.04. The molecule has 3 rings (SSSR count). The molecule has 21 heavy (non-hydrogen) atoms. The molecule has 0 aliphatic rings. The van der Waals surface area contributed by atoms with E-state index in [1.54, 1.807) is 13.0 Å². The Kier molecular flexibility index (Phi) is 3.01. The van der Waals surface area contributed by atoms with E-state index in [4.69, 9.17) is 4.42 Å². The highest BCUT2D eigenvalue weighted by Gasteiger charge is 2.21. The number of carboxylic acid groups (broad SMARTS) is 1. The second-order valence-corrected chi connectivity index (χ2v) is 5.20. The molecule has 0 atom stereocenters. The SMILES string of the molecule is Cc1ccc(C)c(-c2nc3c(C)cccc3o2)c1C(=O)O. The first-order chi connectivity index (χ1) is 9.99. The van der Waals surface area contributed by atoms with Crippen LogP contribution in [-0.2, 0) is 0 Å². The molecule has 1 heterocycles. The van der Waals surface area contributed by atoms with Crippen LogP contribution in [0.25, 0.3) is 22.6 Å². The van der Waals surface area contributed by atoms with Gasteiger partial charge >= 0.3 is 5.97 Å². The summed E-state index contributed by atoms with van der Waals surface area (Å²) in [5.41, 5.74) is 4.78. The number of aromatic nitrogens is 1. The van der Waals surface area contributed by atoms with Gasteiger partial charge in [0, 0.05) is 0 Å². The number of para-hydroxylation sites is 1. The van der Waals surface area contributed by atoms with Crippen LogP contribution in [0.15, 0.2) is 34.7 Å². The topological polar surface area (TPSA) is 63.3 Å². The molecule has 4 nitrogen and oxygen atoms in total. The molecule has 1 aromatic heterocycles. The van der Waals surface area contributed by atoms with Gasteiger partial charge in [-0.15, -0.1) is 0 Å². The first-order valence-electron chi connectivity index (χ1n) is 6.69. The minimum Gasteiger partial charge on any atom is -0.478 e. The number of fused-ring (bicyclic) bond motifs is 1. The fourth-order valence-electron chi connectivity index (χ4n) is 2.56. The summed E-state index contributed by atoms with van der Waals surface area (Å²) < 4.78 is 5.79. The highest BCUT2D eigenvalue weighted by atomic mass is 16.4. The number of benzene rings is 2. The van der Waals surface area contributed by atoms with Gasteiger partial charge in [0.25, 0.3) is 0 Å². The summed E-state index contributed by atoms with van der Waals surface area (Å²) in [4.78, 5) is 16.1. The van der Waals surface area contributed by atoms with E-state index in [2.05, 4.69) is 4.98 Å². The molecule has 0 radical (unpaired) electrons. The second kappa shape index (κ2) is 4.74. The molecule has 106 valence electrons. The van der Waals surface area contributed by atoms with Crippen LogP contribution in [0, 0.1) is 20.8 Å². The summed E-state index contributed by atoms with van der Waals surface area (Å²) in [5, 5.41) is 9.49. The van der Waals surface area contributed by atoms with Crippen LogP contribution >= 0.6 is 0 Å². The lowest BCUT2D eigenvalue weighted by molar-refractivity contribution is 0.0696. The number of oxazole rings is 1. The summed E-state index contributed by atoms with van der Waals surface area (Å²) in [6.07, 6.45) is 0. The Labute approximate surface area is 122 Å². The summed E-state index contributed by atoms with van der Waals surface area (Å²) in [7, 11) is 0. The minimum absolute atomic E-state index is 0.249. The quantitative estimate of drug-likeness (QED) is 0.767. The molecule has 0 fully saturated rings. The first-order valence-corrected chi connectivity index (χ1v) is 6.69. The zero-order valence-electron chi connectivity index (χ0n) is 12.1. The molecule has 0 saturated heterocycles. The molecule has 3 aromatic rings. The maximum atomic E-state index is 11.6. The summed E-state index contributed by atoms with van der Waals surface area (Å²) >= 11 is 0. The van der Waals surface area contributed by atoms with Crippen LogP contribution in [0.1, 0.15) is 27.0 Å². The predicted molar refractivity (Wildman–Crippen MR) is 80.6 cm³/mol. The van der Waals surface area contributed by atoms with E-state index >= 15 is 0 Å². The van der Waals surface area contributed by atoms with Gasteiger partial charge in [-0.25, -0.2) is 9.78 Å². The van der Waals surface area contributed by atoms with Crippen LogP contribution in [0.3, 0.4) is 0 Å². The largest absolute Gasteiger partial charge is 0.478 e. The van der Waals surface area contributed by atoms with Gasteiger partial charge in [-0.2, -0.15) is 0 Å². The number of nitrogens with zero attached hydrogens (tertiary/aromatic N) is 1. The van der Waals surface area contributed by atoms with Crippen LogP contribution in [0.2, 0.25) is 0 Å². The molecule has 0 aliphatic heterocycles. The lowest BCUT2D eigenvalue weighted by atomic mass is 9.97. The van der Waals surface area contributed by atoms with E-state index in [0.29, 0.717) is 22.6 Å². The molecule has 0 aliphatic carbocycles. The summed E-state index contributed by atoms with van der Waals surface area (Å²) in [5.74, 6) is -0.608. The molecule has 0 unspecified atom stereocenters. The fourth-order valence-corrected chi connectivity index (χ4v) is 2.56. The third-order valence-corrected chi connectivity index (χ3v) is 3.67. The van der Waals surface area contributed by atoms with Crippen molar-refractivity contribution in [3.63, 3.8) is 0 Å². The van der Waals surface area contributed by atoms with Crippen LogP contribution < -0.4 is 0 Å². The van der Waals surface area contributed by atoms with E-state index in [0.717, 1.165) is 16.6 Å². The molecule has 0 bridgehead atoms. The number of hydrogen-bond acceptors (Lipinski definition) is 3. The average Bonchev–Trinajstić information content (AvgIpc) is 2.85. The normalized spacial score (nSPS) is 11.0. The third kappa shape index (κ3) is 2.09. The Hall–Kier alpha value is -2.62. The molecular weight excluding hydrogens is 266 g/mol. The first kappa shape index (κ1) is 13.4. The highest BCUT2D eigenvalue weighted by Crippen LogP contribution is 2.32. The second-order valence-electron chi connectivity index (χ2n) is 5.20. The van der Waals surface area contributed by atoms with Crippen molar-refractivity contribution in [3.05, 3.63) is 52.6 Å². The van der Waals surface area contributed by atoms with E-state index < -0.39 is 5.97 Å². The van der Waals surface area contributed by atoms with E-state index in [-0.39, 0.29) is 5.56 Å². The molecule has 4 heteroatoms. The van der Waals surface area contributed by atoms with Crippen LogP contribution in [0.5, 0.6) is 0 Å². The molecular formula is C17H15NO3.